The van der Waals surface area contributed by atoms with Crippen molar-refractivity contribution in [3.63, 3.8) is 0 Å². The van der Waals surface area contributed by atoms with Gasteiger partial charge < -0.3 is 9.88 Å². The average molecular weight is 527 g/mol. The maximum absolute atomic E-state index is 12.7. The SMILES string of the molecule is C[C@@H](CNC(=O)c1ccc(Cn2c(SCc3ccc(Cl)cc3)nc3ccncc32)cc1)c1ccccc1. The molecular weight excluding hydrogens is 500 g/mol. The number of hydrogen-bond acceptors (Lipinski definition) is 4. The second-order valence-electron chi connectivity index (χ2n) is 8.98. The minimum Gasteiger partial charge on any atom is -0.351 e. The van der Waals surface area contributed by atoms with Crippen molar-refractivity contribution in [2.24, 2.45) is 0 Å². The summed E-state index contributed by atoms with van der Waals surface area (Å²) in [7, 11) is 0. The van der Waals surface area contributed by atoms with Crippen molar-refractivity contribution >= 4 is 40.3 Å². The van der Waals surface area contributed by atoms with Gasteiger partial charge in [0.2, 0.25) is 0 Å². The molecule has 0 aliphatic carbocycles. The molecule has 5 aromatic rings. The number of pyridine rings is 1. The molecule has 5 rings (SSSR count). The van der Waals surface area contributed by atoms with Crippen molar-refractivity contribution in [2.75, 3.05) is 6.54 Å². The third-order valence-corrected chi connectivity index (χ3v) is 7.59. The average Bonchev–Trinajstić information content (AvgIpc) is 3.29. The minimum absolute atomic E-state index is 0.0641. The molecule has 0 saturated carbocycles. The lowest BCUT2D eigenvalue weighted by Gasteiger charge is -2.13. The summed E-state index contributed by atoms with van der Waals surface area (Å²) in [5, 5.41) is 4.71. The number of halogens is 1. The molecule has 3 aromatic carbocycles. The van der Waals surface area contributed by atoms with Crippen molar-refractivity contribution < 1.29 is 4.79 Å². The van der Waals surface area contributed by atoms with Crippen LogP contribution in [0.1, 0.15) is 39.9 Å². The van der Waals surface area contributed by atoms with Gasteiger partial charge in [0.25, 0.3) is 5.91 Å². The van der Waals surface area contributed by atoms with Gasteiger partial charge in [-0.2, -0.15) is 0 Å². The van der Waals surface area contributed by atoms with Crippen LogP contribution in [0.15, 0.2) is 102 Å². The van der Waals surface area contributed by atoms with E-state index in [0.29, 0.717) is 18.7 Å². The molecule has 0 aliphatic heterocycles. The molecule has 0 radical (unpaired) electrons. The Hall–Kier alpha value is -3.61. The fraction of sp³-hybridized carbons (Fsp3) is 0.167. The van der Waals surface area contributed by atoms with Gasteiger partial charge in [0.05, 0.1) is 23.8 Å². The quantitative estimate of drug-likeness (QED) is 0.211. The third kappa shape index (κ3) is 6.21. The van der Waals surface area contributed by atoms with Crippen molar-refractivity contribution in [2.45, 2.75) is 30.3 Å². The van der Waals surface area contributed by atoms with Crippen LogP contribution in [0.5, 0.6) is 0 Å². The largest absolute Gasteiger partial charge is 0.351 e. The number of nitrogens with zero attached hydrogens (tertiary/aromatic N) is 3. The molecule has 186 valence electrons. The van der Waals surface area contributed by atoms with E-state index < -0.39 is 0 Å². The Kier molecular flexibility index (Phi) is 7.87. The fourth-order valence-corrected chi connectivity index (χ4v) is 5.23. The monoisotopic (exact) mass is 526 g/mol. The predicted octanol–water partition coefficient (Wildman–Crippen LogP) is 6.96. The van der Waals surface area contributed by atoms with E-state index in [9.17, 15) is 4.79 Å². The summed E-state index contributed by atoms with van der Waals surface area (Å²) in [5.41, 5.74) is 6.03. The van der Waals surface area contributed by atoms with Crippen LogP contribution >= 0.6 is 23.4 Å². The zero-order valence-corrected chi connectivity index (χ0v) is 22.0. The molecule has 5 nitrogen and oxygen atoms in total. The molecule has 0 unspecified atom stereocenters. The number of rotatable bonds is 9. The number of nitrogens with one attached hydrogen (secondary N) is 1. The van der Waals surface area contributed by atoms with E-state index in [-0.39, 0.29) is 11.8 Å². The van der Waals surface area contributed by atoms with E-state index in [4.69, 9.17) is 16.6 Å². The van der Waals surface area contributed by atoms with E-state index in [1.165, 1.54) is 11.1 Å². The highest BCUT2D eigenvalue weighted by molar-refractivity contribution is 7.98. The number of hydrogen-bond donors (Lipinski definition) is 1. The van der Waals surface area contributed by atoms with Crippen LogP contribution in [0.25, 0.3) is 11.0 Å². The Balaban J connectivity index is 1.27. The molecule has 0 bridgehead atoms. The third-order valence-electron chi connectivity index (χ3n) is 6.29. The fourth-order valence-electron chi connectivity index (χ4n) is 4.13. The zero-order valence-electron chi connectivity index (χ0n) is 20.5. The van der Waals surface area contributed by atoms with Gasteiger partial charge in [0.15, 0.2) is 5.16 Å². The van der Waals surface area contributed by atoms with Crippen molar-refractivity contribution in [1.82, 2.24) is 19.9 Å². The highest BCUT2D eigenvalue weighted by atomic mass is 35.5. The molecule has 37 heavy (non-hydrogen) atoms. The van der Waals surface area contributed by atoms with Crippen molar-refractivity contribution in [1.29, 1.82) is 0 Å². The van der Waals surface area contributed by atoms with Gasteiger partial charge in [-0.3, -0.25) is 9.78 Å². The molecular formula is C30H27ClN4OS. The topological polar surface area (TPSA) is 59.8 Å². The zero-order chi connectivity index (χ0) is 25.6. The van der Waals surface area contributed by atoms with E-state index in [0.717, 1.165) is 32.5 Å². The summed E-state index contributed by atoms with van der Waals surface area (Å²) in [4.78, 5) is 21.9. The number of thioether (sulfide) groups is 1. The normalized spacial score (nSPS) is 11.9. The summed E-state index contributed by atoms with van der Waals surface area (Å²) < 4.78 is 2.18. The first-order valence-electron chi connectivity index (χ1n) is 12.2. The Labute approximate surface area is 225 Å². The second kappa shape index (κ2) is 11.6. The first-order valence-corrected chi connectivity index (χ1v) is 13.5. The van der Waals surface area contributed by atoms with Gasteiger partial charge in [0.1, 0.15) is 0 Å². The number of aromatic nitrogens is 3. The Bertz CT molecular complexity index is 1480. The van der Waals surface area contributed by atoms with Crippen molar-refractivity contribution in [3.8, 4) is 0 Å². The standard InChI is InChI=1S/C30H27ClN4OS/c1-21(24-5-3-2-4-6-24)17-33-29(36)25-11-7-22(8-12-25)19-35-28-18-32-16-15-27(28)34-30(35)37-20-23-9-13-26(31)14-10-23/h2-16,18,21H,17,19-20H2,1H3,(H,33,36)/t21-/m0/s1. The van der Waals surface area contributed by atoms with Crippen LogP contribution in [-0.2, 0) is 12.3 Å². The highest BCUT2D eigenvalue weighted by Gasteiger charge is 2.14. The molecule has 1 atom stereocenters. The minimum atomic E-state index is -0.0641. The molecule has 2 heterocycles. The van der Waals surface area contributed by atoms with Crippen LogP contribution < -0.4 is 5.32 Å². The van der Waals surface area contributed by atoms with E-state index in [2.05, 4.69) is 33.9 Å². The van der Waals surface area contributed by atoms with Crippen LogP contribution in [0.4, 0.5) is 0 Å². The number of carbonyl (C=O) groups is 1. The Morgan fingerprint density at radius 2 is 1.70 bits per heavy atom. The molecule has 7 heteroatoms. The molecule has 0 saturated heterocycles. The first kappa shape index (κ1) is 25.1. The molecule has 0 fully saturated rings. The summed E-state index contributed by atoms with van der Waals surface area (Å²) >= 11 is 7.71. The van der Waals surface area contributed by atoms with Crippen LogP contribution in [0, 0.1) is 0 Å². The molecule has 1 N–H and O–H groups in total. The lowest BCUT2D eigenvalue weighted by molar-refractivity contribution is 0.0951. The highest BCUT2D eigenvalue weighted by Crippen LogP contribution is 2.28. The van der Waals surface area contributed by atoms with Crippen LogP contribution in [0.3, 0.4) is 0 Å². The lowest BCUT2D eigenvalue weighted by Crippen LogP contribution is -2.27. The van der Waals surface area contributed by atoms with Crippen LogP contribution in [0.2, 0.25) is 5.02 Å². The maximum atomic E-state index is 12.7. The smallest absolute Gasteiger partial charge is 0.251 e. The molecule has 0 spiro atoms. The summed E-state index contributed by atoms with van der Waals surface area (Å²) in [6.45, 7) is 3.34. The number of benzene rings is 3. The summed E-state index contributed by atoms with van der Waals surface area (Å²) in [5.74, 6) is 0.969. The van der Waals surface area contributed by atoms with E-state index in [1.807, 2.05) is 79.0 Å². The number of amides is 1. The number of carbonyl (C=O) groups excluding carboxylic acids is 1. The first-order chi connectivity index (χ1) is 18.1. The number of imidazole rings is 1. The molecule has 1 amide bonds. The maximum Gasteiger partial charge on any atom is 0.251 e. The van der Waals surface area contributed by atoms with E-state index >= 15 is 0 Å². The predicted molar refractivity (Wildman–Crippen MR) is 151 cm³/mol. The number of fused-ring (bicyclic) bond motifs is 1. The van der Waals surface area contributed by atoms with Crippen molar-refractivity contribution in [3.05, 3.63) is 125 Å². The Morgan fingerprint density at radius 1 is 0.973 bits per heavy atom. The van der Waals surface area contributed by atoms with E-state index in [1.54, 1.807) is 18.0 Å². The van der Waals surface area contributed by atoms with Gasteiger partial charge in [-0.15, -0.1) is 0 Å². The molecule has 0 aliphatic rings. The van der Waals surface area contributed by atoms with Gasteiger partial charge in [-0.05, 0) is 52.9 Å². The van der Waals surface area contributed by atoms with Gasteiger partial charge >= 0.3 is 0 Å². The second-order valence-corrected chi connectivity index (χ2v) is 10.4. The molecule has 2 aromatic heterocycles. The van der Waals surface area contributed by atoms with Gasteiger partial charge in [0, 0.05) is 29.1 Å². The van der Waals surface area contributed by atoms with Gasteiger partial charge in [-0.1, -0.05) is 84.9 Å². The summed E-state index contributed by atoms with van der Waals surface area (Å²) in [6.07, 6.45) is 3.61. The van der Waals surface area contributed by atoms with Crippen LogP contribution in [-0.4, -0.2) is 27.0 Å². The Morgan fingerprint density at radius 3 is 2.46 bits per heavy atom. The summed E-state index contributed by atoms with van der Waals surface area (Å²) in [6, 6.07) is 27.8. The lowest BCUT2D eigenvalue weighted by atomic mass is 10.0. The van der Waals surface area contributed by atoms with Gasteiger partial charge in [-0.25, -0.2) is 4.98 Å².